The molecule has 1 saturated heterocycles. The third-order valence-electron chi connectivity index (χ3n) is 5.14. The van der Waals surface area contributed by atoms with E-state index in [-0.39, 0.29) is 40.7 Å². The van der Waals surface area contributed by atoms with Crippen molar-refractivity contribution in [1.82, 2.24) is 4.31 Å². The fourth-order valence-corrected chi connectivity index (χ4v) is 5.30. The highest BCUT2D eigenvalue weighted by Gasteiger charge is 2.32. The van der Waals surface area contributed by atoms with E-state index in [9.17, 15) is 18.0 Å². The smallest absolute Gasteiger partial charge is 0.243 e. The number of piperidine rings is 1. The Morgan fingerprint density at radius 1 is 1.06 bits per heavy atom. The highest BCUT2D eigenvalue weighted by atomic mass is 35.5. The van der Waals surface area contributed by atoms with Crippen LogP contribution in [-0.2, 0) is 19.6 Å². The fraction of sp³-hybridized carbons (Fsp3) is 0.364. The number of carbonyl (C=O) groups is 2. The normalized spacial score (nSPS) is 15.2. The summed E-state index contributed by atoms with van der Waals surface area (Å²) in [5.74, 6) is -0.177. The Bertz CT molecular complexity index is 1080. The zero-order valence-electron chi connectivity index (χ0n) is 17.9. The van der Waals surface area contributed by atoms with Crippen LogP contribution in [0.1, 0.15) is 26.7 Å². The van der Waals surface area contributed by atoms with Gasteiger partial charge in [0, 0.05) is 37.3 Å². The molecule has 1 aliphatic heterocycles. The van der Waals surface area contributed by atoms with Crippen LogP contribution in [0.2, 0.25) is 5.02 Å². The lowest BCUT2D eigenvalue weighted by Crippen LogP contribution is -2.41. The summed E-state index contributed by atoms with van der Waals surface area (Å²) in [5.41, 5.74) is 1.26. The molecule has 1 fully saturated rings. The van der Waals surface area contributed by atoms with Crippen molar-refractivity contribution in [3.05, 3.63) is 47.5 Å². The molecule has 0 aliphatic carbocycles. The van der Waals surface area contributed by atoms with E-state index in [1.807, 2.05) is 6.92 Å². The lowest BCUT2D eigenvalue weighted by Gasteiger charge is -2.30. The van der Waals surface area contributed by atoms with Gasteiger partial charge in [0.05, 0.1) is 16.5 Å². The van der Waals surface area contributed by atoms with E-state index < -0.39 is 10.0 Å². The monoisotopic (exact) mass is 479 g/mol. The van der Waals surface area contributed by atoms with Gasteiger partial charge in [-0.25, -0.2) is 8.42 Å². The van der Waals surface area contributed by atoms with Crippen LogP contribution in [0.4, 0.5) is 11.4 Å². The van der Waals surface area contributed by atoms with Crippen molar-refractivity contribution in [3.63, 3.8) is 0 Å². The topological polar surface area (TPSA) is 105 Å². The maximum Gasteiger partial charge on any atom is 0.243 e. The molecular formula is C22H26ClN3O5S. The summed E-state index contributed by atoms with van der Waals surface area (Å²) < 4.78 is 32.7. The maximum absolute atomic E-state index is 13.0. The molecule has 0 bridgehead atoms. The van der Waals surface area contributed by atoms with Crippen molar-refractivity contribution in [3.8, 4) is 5.75 Å². The number of nitrogens with one attached hydrogen (secondary N) is 2. The van der Waals surface area contributed by atoms with Gasteiger partial charge in [0.15, 0.2) is 0 Å². The quantitative estimate of drug-likeness (QED) is 0.629. The van der Waals surface area contributed by atoms with E-state index in [2.05, 4.69) is 10.6 Å². The van der Waals surface area contributed by atoms with E-state index >= 15 is 0 Å². The Morgan fingerprint density at radius 2 is 1.66 bits per heavy atom. The summed E-state index contributed by atoms with van der Waals surface area (Å²) >= 11 is 6.15. The van der Waals surface area contributed by atoms with Crippen molar-refractivity contribution in [2.24, 2.45) is 5.92 Å². The average molecular weight is 480 g/mol. The number of anilines is 2. The van der Waals surface area contributed by atoms with Crippen LogP contribution in [0.25, 0.3) is 0 Å². The zero-order valence-corrected chi connectivity index (χ0v) is 19.5. The molecular weight excluding hydrogens is 454 g/mol. The summed E-state index contributed by atoms with van der Waals surface area (Å²) in [6.45, 7) is 4.16. The van der Waals surface area contributed by atoms with Crippen molar-refractivity contribution < 1.29 is 22.7 Å². The first-order valence-electron chi connectivity index (χ1n) is 10.3. The number of halogens is 1. The fourth-order valence-electron chi connectivity index (χ4n) is 3.51. The summed E-state index contributed by atoms with van der Waals surface area (Å²) in [6, 6.07) is 11.2. The number of benzene rings is 2. The number of hydrogen-bond donors (Lipinski definition) is 2. The summed E-state index contributed by atoms with van der Waals surface area (Å²) in [4.78, 5) is 23.8. The first-order valence-corrected chi connectivity index (χ1v) is 12.1. The lowest BCUT2D eigenvalue weighted by atomic mass is 9.97. The van der Waals surface area contributed by atoms with Crippen LogP contribution < -0.4 is 15.4 Å². The number of hydrogen-bond acceptors (Lipinski definition) is 5. The zero-order chi connectivity index (χ0) is 23.3. The van der Waals surface area contributed by atoms with Gasteiger partial charge in [-0.15, -0.1) is 0 Å². The second-order valence-electron chi connectivity index (χ2n) is 7.45. The molecule has 2 amide bonds. The van der Waals surface area contributed by atoms with Crippen LogP contribution in [0.5, 0.6) is 5.75 Å². The molecule has 2 aromatic rings. The largest absolute Gasteiger partial charge is 0.492 e. The van der Waals surface area contributed by atoms with Crippen LogP contribution in [0.3, 0.4) is 0 Å². The number of ether oxygens (including phenoxy) is 1. The minimum Gasteiger partial charge on any atom is -0.492 e. The molecule has 2 N–H and O–H groups in total. The maximum atomic E-state index is 13.0. The van der Waals surface area contributed by atoms with Gasteiger partial charge in [-0.2, -0.15) is 4.31 Å². The van der Waals surface area contributed by atoms with Crippen LogP contribution in [-0.4, -0.2) is 44.2 Å². The molecule has 32 heavy (non-hydrogen) atoms. The SMILES string of the molecule is CCOc1ccc(S(=O)(=O)N2CCC(C(=O)Nc3ccc(NC(C)=O)cc3)CC2)cc1Cl. The summed E-state index contributed by atoms with van der Waals surface area (Å²) in [6.07, 6.45) is 0.833. The minimum atomic E-state index is -3.71. The molecule has 0 unspecified atom stereocenters. The minimum absolute atomic E-state index is 0.105. The van der Waals surface area contributed by atoms with Gasteiger partial charge in [-0.3, -0.25) is 9.59 Å². The standard InChI is InChI=1S/C22H26ClN3O5S/c1-3-31-21-9-8-19(14-20(21)23)32(29,30)26-12-10-16(11-13-26)22(28)25-18-6-4-17(5-7-18)24-15(2)27/h4-9,14,16H,3,10-13H2,1-2H3,(H,24,27)(H,25,28). The Kier molecular flexibility index (Phi) is 7.76. The van der Waals surface area contributed by atoms with Gasteiger partial charge in [0.1, 0.15) is 5.75 Å². The van der Waals surface area contributed by atoms with Gasteiger partial charge in [-0.1, -0.05) is 11.6 Å². The molecule has 2 aromatic carbocycles. The summed E-state index contributed by atoms with van der Waals surface area (Å²) in [7, 11) is -3.71. The van der Waals surface area contributed by atoms with Gasteiger partial charge in [0.25, 0.3) is 0 Å². The van der Waals surface area contributed by atoms with Crippen molar-refractivity contribution in [2.45, 2.75) is 31.6 Å². The molecule has 8 nitrogen and oxygen atoms in total. The molecule has 0 radical (unpaired) electrons. The molecule has 3 rings (SSSR count). The molecule has 1 heterocycles. The molecule has 0 atom stereocenters. The highest BCUT2D eigenvalue weighted by molar-refractivity contribution is 7.89. The molecule has 1 aliphatic rings. The van der Waals surface area contributed by atoms with Gasteiger partial charge in [-0.05, 0) is 62.2 Å². The second-order valence-corrected chi connectivity index (χ2v) is 9.80. The number of amides is 2. The molecule has 0 spiro atoms. The number of sulfonamides is 1. The third-order valence-corrected chi connectivity index (χ3v) is 7.33. The Balaban J connectivity index is 1.58. The predicted molar refractivity (Wildman–Crippen MR) is 123 cm³/mol. The van der Waals surface area contributed by atoms with Gasteiger partial charge < -0.3 is 15.4 Å². The van der Waals surface area contributed by atoms with Crippen LogP contribution in [0, 0.1) is 5.92 Å². The molecule has 0 saturated carbocycles. The average Bonchev–Trinajstić information content (AvgIpc) is 2.76. The van der Waals surface area contributed by atoms with Crippen molar-refractivity contribution in [1.29, 1.82) is 0 Å². The Labute approximate surface area is 192 Å². The van der Waals surface area contributed by atoms with E-state index in [0.29, 0.717) is 36.6 Å². The molecule has 0 aromatic heterocycles. The first-order chi connectivity index (χ1) is 15.2. The first kappa shape index (κ1) is 24.0. The second kappa shape index (κ2) is 10.3. The molecule has 10 heteroatoms. The van der Waals surface area contributed by atoms with Crippen LogP contribution >= 0.6 is 11.6 Å². The predicted octanol–water partition coefficient (Wildman–Crippen LogP) is 3.74. The Morgan fingerprint density at radius 3 is 2.19 bits per heavy atom. The molecule has 172 valence electrons. The van der Waals surface area contributed by atoms with E-state index in [1.165, 1.54) is 23.4 Å². The van der Waals surface area contributed by atoms with Gasteiger partial charge in [0.2, 0.25) is 21.8 Å². The van der Waals surface area contributed by atoms with Crippen molar-refractivity contribution in [2.75, 3.05) is 30.3 Å². The number of nitrogens with zero attached hydrogens (tertiary/aromatic N) is 1. The van der Waals surface area contributed by atoms with E-state index in [4.69, 9.17) is 16.3 Å². The van der Waals surface area contributed by atoms with Gasteiger partial charge >= 0.3 is 0 Å². The van der Waals surface area contributed by atoms with E-state index in [1.54, 1.807) is 30.3 Å². The number of rotatable bonds is 7. The number of carbonyl (C=O) groups excluding carboxylic acids is 2. The van der Waals surface area contributed by atoms with Crippen LogP contribution in [0.15, 0.2) is 47.4 Å². The summed E-state index contributed by atoms with van der Waals surface area (Å²) in [5, 5.41) is 5.76. The lowest BCUT2D eigenvalue weighted by molar-refractivity contribution is -0.121. The Hall–Kier alpha value is -2.62. The third kappa shape index (κ3) is 5.79. The highest BCUT2D eigenvalue weighted by Crippen LogP contribution is 2.30. The van der Waals surface area contributed by atoms with Crippen molar-refractivity contribution >= 4 is 44.8 Å². The van der Waals surface area contributed by atoms with E-state index in [0.717, 1.165) is 0 Å².